The van der Waals surface area contributed by atoms with Gasteiger partial charge in [-0.1, -0.05) is 48.5 Å². The molecule has 0 aliphatic rings. The number of carbonyl (C=O) groups excluding carboxylic acids is 1. The van der Waals surface area contributed by atoms with Gasteiger partial charge in [0.25, 0.3) is 5.91 Å². The molecular weight excluding hydrogens is 372 g/mol. The molecule has 0 fully saturated rings. The maximum absolute atomic E-state index is 12.8. The molecule has 3 aromatic rings. The van der Waals surface area contributed by atoms with Crippen molar-refractivity contribution in [2.45, 2.75) is 19.4 Å². The van der Waals surface area contributed by atoms with Crippen molar-refractivity contribution in [3.8, 4) is 11.1 Å². The Bertz CT molecular complexity index is 1030. The monoisotopic (exact) mass is 400 g/mol. The van der Waals surface area contributed by atoms with Crippen LogP contribution in [0.25, 0.3) is 11.1 Å². The van der Waals surface area contributed by atoms with Crippen LogP contribution in [0.15, 0.2) is 72.8 Å². The van der Waals surface area contributed by atoms with Crippen molar-refractivity contribution < 1.29 is 4.79 Å². The Morgan fingerprint density at radius 1 is 1.00 bits per heavy atom. The highest BCUT2D eigenvalue weighted by Crippen LogP contribution is 2.30. The van der Waals surface area contributed by atoms with Gasteiger partial charge in [-0.15, -0.1) is 0 Å². The van der Waals surface area contributed by atoms with E-state index in [9.17, 15) is 4.79 Å². The highest BCUT2D eigenvalue weighted by atomic mass is 16.1. The van der Waals surface area contributed by atoms with Crippen molar-refractivity contribution in [2.75, 3.05) is 25.1 Å². The quantitative estimate of drug-likeness (QED) is 0.390. The molecule has 0 spiro atoms. The summed E-state index contributed by atoms with van der Waals surface area (Å²) in [7, 11) is 4.01. The van der Waals surface area contributed by atoms with Gasteiger partial charge >= 0.3 is 0 Å². The third-order valence-electron chi connectivity index (χ3n) is 5.25. The summed E-state index contributed by atoms with van der Waals surface area (Å²) in [5.74, 6) is -0.211. The van der Waals surface area contributed by atoms with Gasteiger partial charge in [0.05, 0.1) is 5.69 Å². The Morgan fingerprint density at radius 3 is 2.27 bits per heavy atom. The zero-order valence-corrected chi connectivity index (χ0v) is 17.6. The zero-order chi connectivity index (χ0) is 21.7. The van der Waals surface area contributed by atoms with Gasteiger partial charge in [-0.25, -0.2) is 0 Å². The van der Waals surface area contributed by atoms with E-state index in [1.807, 2.05) is 68.7 Å². The maximum Gasteiger partial charge on any atom is 0.255 e. The van der Waals surface area contributed by atoms with E-state index >= 15 is 0 Å². The van der Waals surface area contributed by atoms with Gasteiger partial charge in [0.15, 0.2) is 0 Å². The second-order valence-electron chi connectivity index (χ2n) is 7.70. The highest BCUT2D eigenvalue weighted by molar-refractivity contribution is 6.07. The number of hydrogen-bond acceptors (Lipinski definition) is 4. The van der Waals surface area contributed by atoms with Crippen LogP contribution in [-0.2, 0) is 0 Å². The largest absolute Gasteiger partial charge is 0.399 e. The van der Waals surface area contributed by atoms with Crippen molar-refractivity contribution in [1.29, 1.82) is 5.41 Å². The number of nitrogen functional groups attached to an aromatic ring is 1. The van der Waals surface area contributed by atoms with E-state index in [0.717, 1.165) is 16.7 Å². The predicted octanol–water partition coefficient (Wildman–Crippen LogP) is 4.90. The number of benzene rings is 3. The number of nitrogens with two attached hydrogens (primary N) is 1. The van der Waals surface area contributed by atoms with Gasteiger partial charge in [-0.2, -0.15) is 0 Å². The van der Waals surface area contributed by atoms with Crippen LogP contribution in [-0.4, -0.2) is 36.7 Å². The highest BCUT2D eigenvalue weighted by Gasteiger charge is 2.13. The summed E-state index contributed by atoms with van der Waals surface area (Å²) in [6.45, 7) is 2.09. The van der Waals surface area contributed by atoms with Crippen LogP contribution in [0.3, 0.4) is 0 Å². The molecule has 0 aliphatic carbocycles. The minimum atomic E-state index is -0.211. The number of nitrogens with one attached hydrogen (secondary N) is 2. The molecule has 0 saturated heterocycles. The molecule has 3 aromatic carbocycles. The van der Waals surface area contributed by atoms with Crippen LogP contribution in [0.4, 0.5) is 11.4 Å². The molecule has 1 amide bonds. The van der Waals surface area contributed by atoms with Crippen LogP contribution in [0.2, 0.25) is 0 Å². The van der Waals surface area contributed by atoms with Crippen molar-refractivity contribution >= 4 is 23.0 Å². The van der Waals surface area contributed by atoms with Crippen LogP contribution in [0.1, 0.15) is 29.3 Å². The summed E-state index contributed by atoms with van der Waals surface area (Å²) in [6, 6.07) is 22.8. The SMILES string of the molecule is C[C@@H](CC(=N)c1ccc(C(=O)Nc2cc(N)ccc2-c2ccccc2)cc1)N(C)C. The number of carbonyl (C=O) groups is 1. The molecule has 1 atom stereocenters. The van der Waals surface area contributed by atoms with Gasteiger partial charge < -0.3 is 21.4 Å². The van der Waals surface area contributed by atoms with Crippen LogP contribution >= 0.6 is 0 Å². The van der Waals surface area contributed by atoms with E-state index in [1.54, 1.807) is 18.2 Å². The molecule has 0 aromatic heterocycles. The van der Waals surface area contributed by atoms with Crippen LogP contribution < -0.4 is 11.1 Å². The summed E-state index contributed by atoms with van der Waals surface area (Å²) in [6.07, 6.45) is 0.655. The van der Waals surface area contributed by atoms with Crippen LogP contribution in [0, 0.1) is 5.41 Å². The minimum absolute atomic E-state index is 0.211. The lowest BCUT2D eigenvalue weighted by Gasteiger charge is -2.20. The van der Waals surface area contributed by atoms with E-state index in [0.29, 0.717) is 29.1 Å². The van der Waals surface area contributed by atoms with Crippen molar-refractivity contribution in [3.63, 3.8) is 0 Å². The third-order valence-corrected chi connectivity index (χ3v) is 5.25. The molecule has 5 heteroatoms. The average molecular weight is 401 g/mol. The second kappa shape index (κ2) is 9.37. The standard InChI is InChI=1S/C25H28N4O/c1-17(29(2)3)15-23(27)19-9-11-20(12-10-19)25(30)28-24-16-21(26)13-14-22(24)18-7-5-4-6-8-18/h4-14,16-17,27H,15,26H2,1-3H3,(H,28,30)/t17-/m0/s1. The summed E-state index contributed by atoms with van der Waals surface area (Å²) in [5.41, 5.74) is 11.1. The number of anilines is 2. The zero-order valence-electron chi connectivity index (χ0n) is 17.6. The first kappa shape index (κ1) is 21.3. The van der Waals surface area contributed by atoms with Crippen molar-refractivity contribution in [1.82, 2.24) is 4.90 Å². The van der Waals surface area contributed by atoms with E-state index in [4.69, 9.17) is 11.1 Å². The number of rotatable bonds is 7. The number of hydrogen-bond donors (Lipinski definition) is 3. The molecule has 3 rings (SSSR count). The molecule has 0 unspecified atom stereocenters. The van der Waals surface area contributed by atoms with Crippen molar-refractivity contribution in [2.24, 2.45) is 0 Å². The topological polar surface area (TPSA) is 82.2 Å². The van der Waals surface area contributed by atoms with E-state index in [1.165, 1.54) is 0 Å². The molecule has 30 heavy (non-hydrogen) atoms. The lowest BCUT2D eigenvalue weighted by molar-refractivity contribution is 0.102. The predicted molar refractivity (Wildman–Crippen MR) is 125 cm³/mol. The van der Waals surface area contributed by atoms with Gasteiger partial charge in [0.1, 0.15) is 0 Å². The first-order valence-electron chi connectivity index (χ1n) is 9.95. The molecule has 154 valence electrons. The summed E-state index contributed by atoms with van der Waals surface area (Å²) < 4.78 is 0. The smallest absolute Gasteiger partial charge is 0.255 e. The van der Waals surface area contributed by atoms with E-state index < -0.39 is 0 Å². The number of nitrogens with zero attached hydrogens (tertiary/aromatic N) is 1. The normalized spacial score (nSPS) is 11.9. The fourth-order valence-electron chi connectivity index (χ4n) is 3.15. The number of amides is 1. The molecule has 0 aliphatic heterocycles. The first-order chi connectivity index (χ1) is 14.3. The Kier molecular flexibility index (Phi) is 6.65. The molecule has 0 heterocycles. The Balaban J connectivity index is 1.77. The Labute approximate surface area is 178 Å². The van der Waals surface area contributed by atoms with Crippen LogP contribution in [0.5, 0.6) is 0 Å². The van der Waals surface area contributed by atoms with Gasteiger partial charge in [0, 0.05) is 35.0 Å². The summed E-state index contributed by atoms with van der Waals surface area (Å²) in [4.78, 5) is 14.9. The van der Waals surface area contributed by atoms with E-state index in [-0.39, 0.29) is 11.9 Å². The lowest BCUT2D eigenvalue weighted by Crippen LogP contribution is -2.27. The Hall–Kier alpha value is -3.44. The average Bonchev–Trinajstić information content (AvgIpc) is 2.74. The second-order valence-corrected chi connectivity index (χ2v) is 7.70. The fourth-order valence-corrected chi connectivity index (χ4v) is 3.15. The minimum Gasteiger partial charge on any atom is -0.399 e. The van der Waals surface area contributed by atoms with Gasteiger partial charge in [-0.05, 0) is 56.4 Å². The molecule has 4 N–H and O–H groups in total. The first-order valence-corrected chi connectivity index (χ1v) is 9.95. The molecular formula is C25H28N4O. The Morgan fingerprint density at radius 2 is 1.63 bits per heavy atom. The molecule has 5 nitrogen and oxygen atoms in total. The summed E-state index contributed by atoms with van der Waals surface area (Å²) in [5, 5.41) is 11.3. The summed E-state index contributed by atoms with van der Waals surface area (Å²) >= 11 is 0. The molecule has 0 saturated carbocycles. The van der Waals surface area contributed by atoms with E-state index in [2.05, 4.69) is 17.1 Å². The van der Waals surface area contributed by atoms with Gasteiger partial charge in [0.2, 0.25) is 0 Å². The maximum atomic E-state index is 12.8. The molecule has 0 radical (unpaired) electrons. The lowest BCUT2D eigenvalue weighted by atomic mass is 10.0. The fraction of sp³-hybridized carbons (Fsp3) is 0.200. The third kappa shape index (κ3) is 5.13. The van der Waals surface area contributed by atoms with Gasteiger partial charge in [-0.3, -0.25) is 4.79 Å². The van der Waals surface area contributed by atoms with Crippen molar-refractivity contribution in [3.05, 3.63) is 83.9 Å². The molecule has 0 bridgehead atoms.